The van der Waals surface area contributed by atoms with Crippen molar-refractivity contribution in [2.24, 2.45) is 0 Å². The van der Waals surface area contributed by atoms with Crippen LogP contribution in [0.2, 0.25) is 0 Å². The Balaban J connectivity index is 3.84. The van der Waals surface area contributed by atoms with Gasteiger partial charge in [-0.15, -0.1) is 0 Å². The lowest BCUT2D eigenvalue weighted by atomic mass is 10.0. The third-order valence-electron chi connectivity index (χ3n) is 8.07. The highest BCUT2D eigenvalue weighted by Crippen LogP contribution is 2.12. The number of amides is 1. The average molecular weight is 618 g/mol. The lowest BCUT2D eigenvalue weighted by molar-refractivity contribution is -0.124. The van der Waals surface area contributed by atoms with E-state index in [0.717, 1.165) is 51.4 Å². The number of aliphatic hydroxyl groups is 3. The first-order valence-electron chi connectivity index (χ1n) is 18.4. The molecule has 0 saturated heterocycles. The van der Waals surface area contributed by atoms with Gasteiger partial charge in [-0.3, -0.25) is 4.79 Å². The molecule has 0 heterocycles. The maximum absolute atomic E-state index is 12.4. The van der Waals surface area contributed by atoms with Crippen molar-refractivity contribution in [1.29, 1.82) is 0 Å². The maximum Gasteiger partial charge on any atom is 0.222 e. The van der Waals surface area contributed by atoms with E-state index in [1.54, 1.807) is 6.08 Å². The number of carbonyl (C=O) groups is 1. The van der Waals surface area contributed by atoms with Gasteiger partial charge in [0.25, 0.3) is 0 Å². The molecule has 0 fully saturated rings. The highest BCUT2D eigenvalue weighted by Gasteiger charge is 2.20. The quantitative estimate of drug-likeness (QED) is 0.0447. The summed E-state index contributed by atoms with van der Waals surface area (Å²) in [6, 6.07) is -0.768. The van der Waals surface area contributed by atoms with Gasteiger partial charge < -0.3 is 20.6 Å². The van der Waals surface area contributed by atoms with E-state index in [0.29, 0.717) is 6.42 Å². The molecule has 256 valence electrons. The summed E-state index contributed by atoms with van der Waals surface area (Å²) in [7, 11) is 0. The lowest BCUT2D eigenvalue weighted by Gasteiger charge is -2.20. The molecule has 0 aromatic carbocycles. The first-order chi connectivity index (χ1) is 21.5. The molecule has 0 rings (SSSR count). The topological polar surface area (TPSA) is 89.8 Å². The van der Waals surface area contributed by atoms with Gasteiger partial charge in [0.2, 0.25) is 5.91 Å². The normalized spacial score (nSPS) is 14.4. The van der Waals surface area contributed by atoms with Crippen LogP contribution >= 0.6 is 0 Å². The van der Waals surface area contributed by atoms with Gasteiger partial charge in [-0.25, -0.2) is 0 Å². The van der Waals surface area contributed by atoms with Gasteiger partial charge in [-0.2, -0.15) is 0 Å². The SMILES string of the molecule is CCCCCC/C=C/CC/C=C/CC/C=C/C(O)C(CO)NC(=O)CC(O)CCCCCCC/C=C\CCCCCCCC. The molecule has 5 heteroatoms. The summed E-state index contributed by atoms with van der Waals surface area (Å²) < 4.78 is 0. The van der Waals surface area contributed by atoms with Crippen molar-refractivity contribution in [2.45, 2.75) is 186 Å². The van der Waals surface area contributed by atoms with E-state index in [2.05, 4.69) is 55.6 Å². The zero-order valence-corrected chi connectivity index (χ0v) is 28.8. The van der Waals surface area contributed by atoms with Gasteiger partial charge in [0.15, 0.2) is 0 Å². The molecule has 0 spiro atoms. The minimum atomic E-state index is -0.960. The lowest BCUT2D eigenvalue weighted by Crippen LogP contribution is -2.45. The molecule has 0 aromatic rings. The van der Waals surface area contributed by atoms with Gasteiger partial charge in [-0.1, -0.05) is 140 Å². The van der Waals surface area contributed by atoms with Gasteiger partial charge in [0, 0.05) is 0 Å². The van der Waals surface area contributed by atoms with Crippen LogP contribution in [0.1, 0.15) is 168 Å². The van der Waals surface area contributed by atoms with E-state index in [-0.39, 0.29) is 18.9 Å². The Morgan fingerprint density at radius 1 is 0.568 bits per heavy atom. The third kappa shape index (κ3) is 30.3. The fourth-order valence-electron chi connectivity index (χ4n) is 5.19. The minimum Gasteiger partial charge on any atom is -0.394 e. The summed E-state index contributed by atoms with van der Waals surface area (Å²) in [4.78, 5) is 12.4. The van der Waals surface area contributed by atoms with Gasteiger partial charge >= 0.3 is 0 Å². The maximum atomic E-state index is 12.4. The number of aliphatic hydroxyl groups excluding tert-OH is 3. The average Bonchev–Trinajstić information content (AvgIpc) is 3.01. The van der Waals surface area contributed by atoms with Gasteiger partial charge in [0.05, 0.1) is 31.3 Å². The highest BCUT2D eigenvalue weighted by molar-refractivity contribution is 5.76. The molecule has 3 atom stereocenters. The number of hydrogen-bond donors (Lipinski definition) is 4. The Morgan fingerprint density at radius 2 is 0.977 bits per heavy atom. The van der Waals surface area contributed by atoms with Crippen molar-refractivity contribution in [3.63, 3.8) is 0 Å². The largest absolute Gasteiger partial charge is 0.394 e. The van der Waals surface area contributed by atoms with Crippen molar-refractivity contribution in [3.05, 3.63) is 48.6 Å². The van der Waals surface area contributed by atoms with Crippen LogP contribution in [0.4, 0.5) is 0 Å². The van der Waals surface area contributed by atoms with Crippen molar-refractivity contribution in [2.75, 3.05) is 6.61 Å². The van der Waals surface area contributed by atoms with Crippen molar-refractivity contribution in [1.82, 2.24) is 5.32 Å². The summed E-state index contributed by atoms with van der Waals surface area (Å²) >= 11 is 0. The Kier molecular flexibility index (Phi) is 32.9. The van der Waals surface area contributed by atoms with Gasteiger partial charge in [0.1, 0.15) is 0 Å². The number of nitrogens with one attached hydrogen (secondary N) is 1. The fraction of sp³-hybridized carbons (Fsp3) is 0.769. The van der Waals surface area contributed by atoms with Crippen molar-refractivity contribution in [3.8, 4) is 0 Å². The zero-order valence-electron chi connectivity index (χ0n) is 28.8. The van der Waals surface area contributed by atoms with Crippen molar-refractivity contribution >= 4 is 5.91 Å². The number of hydrogen-bond acceptors (Lipinski definition) is 4. The second kappa shape index (κ2) is 34.2. The molecule has 0 saturated carbocycles. The van der Waals surface area contributed by atoms with Crippen LogP contribution in [0.3, 0.4) is 0 Å². The van der Waals surface area contributed by atoms with Crippen LogP contribution in [-0.2, 0) is 4.79 Å². The summed E-state index contributed by atoms with van der Waals surface area (Å²) in [5, 5.41) is 33.0. The predicted octanol–water partition coefficient (Wildman–Crippen LogP) is 9.81. The molecule has 1 amide bonds. The van der Waals surface area contributed by atoms with E-state index in [9.17, 15) is 20.1 Å². The van der Waals surface area contributed by atoms with Crippen LogP contribution in [0.5, 0.6) is 0 Å². The Morgan fingerprint density at radius 3 is 1.48 bits per heavy atom. The Labute approximate surface area is 272 Å². The number of allylic oxidation sites excluding steroid dienone is 7. The Hall–Kier alpha value is -1.69. The molecule has 4 N–H and O–H groups in total. The van der Waals surface area contributed by atoms with Crippen LogP contribution in [-0.4, -0.2) is 46.1 Å². The second-order valence-electron chi connectivity index (χ2n) is 12.5. The predicted molar refractivity (Wildman–Crippen MR) is 190 cm³/mol. The molecular weight excluding hydrogens is 546 g/mol. The number of carbonyl (C=O) groups excluding carboxylic acids is 1. The molecule has 44 heavy (non-hydrogen) atoms. The van der Waals surface area contributed by atoms with E-state index in [1.165, 1.54) is 89.9 Å². The van der Waals surface area contributed by atoms with E-state index >= 15 is 0 Å². The first kappa shape index (κ1) is 42.3. The molecule has 0 aliphatic heterocycles. The molecular formula is C39H71NO4. The standard InChI is InChI=1S/C39H71NO4/c1-3-5-7-9-11-13-15-17-19-20-22-24-26-28-30-32-36(42)34-39(44)40-37(35-41)38(43)33-31-29-27-25-23-21-18-16-14-12-10-8-6-4-2/h14,16-17,19,23,25,31,33,36-38,41-43H,3-13,15,18,20-22,24,26-30,32,34-35H2,1-2H3,(H,40,44)/b16-14+,19-17-,25-23+,33-31+. The molecule has 0 radical (unpaired) electrons. The third-order valence-corrected chi connectivity index (χ3v) is 8.07. The summed E-state index contributed by atoms with van der Waals surface area (Å²) in [6.07, 6.45) is 42.3. The number of unbranched alkanes of at least 4 members (excludes halogenated alkanes) is 17. The van der Waals surface area contributed by atoms with Crippen LogP contribution < -0.4 is 5.32 Å². The van der Waals surface area contributed by atoms with E-state index in [4.69, 9.17) is 0 Å². The molecule has 0 aliphatic carbocycles. The smallest absolute Gasteiger partial charge is 0.222 e. The molecule has 0 aromatic heterocycles. The molecule has 3 unspecified atom stereocenters. The van der Waals surface area contributed by atoms with Crippen LogP contribution in [0.15, 0.2) is 48.6 Å². The van der Waals surface area contributed by atoms with Crippen molar-refractivity contribution < 1.29 is 20.1 Å². The van der Waals surface area contributed by atoms with E-state index < -0.39 is 18.2 Å². The van der Waals surface area contributed by atoms with Crippen LogP contribution in [0, 0.1) is 0 Å². The first-order valence-corrected chi connectivity index (χ1v) is 18.4. The number of rotatable bonds is 32. The minimum absolute atomic E-state index is 0.00479. The summed E-state index contributed by atoms with van der Waals surface area (Å²) in [5.41, 5.74) is 0. The second-order valence-corrected chi connectivity index (χ2v) is 12.5. The molecule has 0 aliphatic rings. The summed E-state index contributed by atoms with van der Waals surface area (Å²) in [5.74, 6) is -0.338. The summed E-state index contributed by atoms with van der Waals surface area (Å²) in [6.45, 7) is 4.14. The van der Waals surface area contributed by atoms with Gasteiger partial charge in [-0.05, 0) is 70.6 Å². The molecule has 0 bridgehead atoms. The molecule has 5 nitrogen and oxygen atoms in total. The fourth-order valence-corrected chi connectivity index (χ4v) is 5.19. The Bertz CT molecular complexity index is 730. The van der Waals surface area contributed by atoms with Crippen LogP contribution in [0.25, 0.3) is 0 Å². The van der Waals surface area contributed by atoms with E-state index in [1.807, 2.05) is 6.08 Å². The highest BCUT2D eigenvalue weighted by atomic mass is 16.3. The zero-order chi connectivity index (χ0) is 32.4. The monoisotopic (exact) mass is 618 g/mol.